The van der Waals surface area contributed by atoms with E-state index in [4.69, 9.17) is 0 Å². The highest BCUT2D eigenvalue weighted by Gasteiger charge is 2.63. The molecule has 3 fully saturated rings. The van der Waals surface area contributed by atoms with Gasteiger partial charge in [0.05, 0.1) is 43.2 Å². The molecule has 0 bridgehead atoms. The highest BCUT2D eigenvalue weighted by atomic mass is 16.3. The van der Waals surface area contributed by atoms with Crippen LogP contribution in [0.4, 0.5) is 0 Å². The number of aliphatic hydroxyl groups excluding tert-OH is 7. The number of rotatable bonds is 1. The van der Waals surface area contributed by atoms with E-state index in [0.29, 0.717) is 12.8 Å². The molecule has 0 radical (unpaired) electrons. The van der Waals surface area contributed by atoms with E-state index in [0.717, 1.165) is 0 Å². The number of aliphatic hydroxyl groups is 7. The molecule has 0 aromatic heterocycles. The van der Waals surface area contributed by atoms with Gasteiger partial charge >= 0.3 is 0 Å². The van der Waals surface area contributed by atoms with Crippen LogP contribution in [0, 0.1) is 23.2 Å². The molecule has 0 aromatic carbocycles. The molecular weight excluding hydrogens is 292 g/mol. The molecule has 10 atom stereocenters. The molecule has 3 saturated carbocycles. The van der Waals surface area contributed by atoms with Gasteiger partial charge in [0, 0.05) is 24.2 Å². The first kappa shape index (κ1) is 16.6. The van der Waals surface area contributed by atoms with Crippen molar-refractivity contribution in [3.05, 3.63) is 0 Å². The van der Waals surface area contributed by atoms with E-state index in [1.807, 2.05) is 0 Å². The number of fused-ring (bicyclic) bond motifs is 3. The van der Waals surface area contributed by atoms with Crippen LogP contribution in [0.25, 0.3) is 0 Å². The lowest BCUT2D eigenvalue weighted by Crippen LogP contribution is -2.67. The largest absolute Gasteiger partial charge is 0.396 e. The molecule has 3 rings (SSSR count). The maximum Gasteiger partial charge on any atom is 0.0881 e. The van der Waals surface area contributed by atoms with Crippen LogP contribution in [-0.4, -0.2) is 79.0 Å². The second kappa shape index (κ2) is 5.66. The molecule has 0 spiro atoms. The molecule has 0 unspecified atom stereocenters. The maximum absolute atomic E-state index is 10.5. The monoisotopic (exact) mass is 318 g/mol. The van der Waals surface area contributed by atoms with Gasteiger partial charge in [0.15, 0.2) is 0 Å². The maximum atomic E-state index is 10.5. The van der Waals surface area contributed by atoms with Crippen molar-refractivity contribution < 1.29 is 35.7 Å². The first-order chi connectivity index (χ1) is 10.3. The summed E-state index contributed by atoms with van der Waals surface area (Å²) in [7, 11) is 0. The third-order valence-corrected chi connectivity index (χ3v) is 6.42. The Bertz CT molecular complexity index is 419. The molecular formula is C15H26O7. The summed E-state index contributed by atoms with van der Waals surface area (Å²) in [5.74, 6) is -1.52. The fourth-order valence-electron chi connectivity index (χ4n) is 5.37. The fourth-order valence-corrected chi connectivity index (χ4v) is 5.37. The summed E-state index contributed by atoms with van der Waals surface area (Å²) < 4.78 is 0. The molecule has 3 aliphatic carbocycles. The SMILES string of the molecule is OC[C@]12CC[C@@H]3[C@@H](O)[C@@H](O)C[C@H](O)[C@@H]3[C@H]1[C@@H](O)C[C@H](O)[C@@H]2O. The molecule has 0 amide bonds. The van der Waals surface area contributed by atoms with Gasteiger partial charge in [-0.25, -0.2) is 0 Å². The van der Waals surface area contributed by atoms with Crippen LogP contribution in [0.1, 0.15) is 25.7 Å². The van der Waals surface area contributed by atoms with E-state index in [1.54, 1.807) is 0 Å². The molecule has 7 heteroatoms. The summed E-state index contributed by atoms with van der Waals surface area (Å²) in [6.45, 7) is -0.401. The first-order valence-electron chi connectivity index (χ1n) is 8.02. The Morgan fingerprint density at radius 1 is 0.818 bits per heavy atom. The summed E-state index contributed by atoms with van der Waals surface area (Å²) in [5, 5.41) is 71.2. The third kappa shape index (κ3) is 2.15. The standard InChI is InChI=1S/C15H26O7/c16-5-15-2-1-6-11(7(17)3-9(19)13(6)21)12(15)8(18)4-10(20)14(15)22/h6-14,16-22H,1-5H2/t6-,7-,8-,9-,10-,11+,12+,13+,14-,15+/m0/s1. The Morgan fingerprint density at radius 3 is 2.09 bits per heavy atom. The Balaban J connectivity index is 2.00. The van der Waals surface area contributed by atoms with E-state index < -0.39 is 60.5 Å². The van der Waals surface area contributed by atoms with Crippen molar-refractivity contribution in [1.29, 1.82) is 0 Å². The van der Waals surface area contributed by atoms with Crippen molar-refractivity contribution in [3.8, 4) is 0 Å². The number of hydrogen-bond donors (Lipinski definition) is 7. The Kier molecular flexibility index (Phi) is 4.27. The summed E-state index contributed by atoms with van der Waals surface area (Å²) in [5.41, 5.74) is -1.08. The molecule has 0 aromatic rings. The summed E-state index contributed by atoms with van der Waals surface area (Å²) in [6.07, 6.45) is -5.47. The minimum atomic E-state index is -1.18. The van der Waals surface area contributed by atoms with Crippen molar-refractivity contribution in [2.45, 2.75) is 62.3 Å². The lowest BCUT2D eigenvalue weighted by Gasteiger charge is -2.60. The van der Waals surface area contributed by atoms with E-state index in [1.165, 1.54) is 0 Å². The lowest BCUT2D eigenvalue weighted by atomic mass is 9.47. The molecule has 22 heavy (non-hydrogen) atoms. The third-order valence-electron chi connectivity index (χ3n) is 6.42. The quantitative estimate of drug-likeness (QED) is 0.285. The number of hydrogen-bond acceptors (Lipinski definition) is 7. The molecule has 0 saturated heterocycles. The molecule has 7 nitrogen and oxygen atoms in total. The highest BCUT2D eigenvalue weighted by molar-refractivity contribution is 5.12. The smallest absolute Gasteiger partial charge is 0.0881 e. The zero-order chi connectivity index (χ0) is 16.2. The van der Waals surface area contributed by atoms with Crippen LogP contribution in [0.3, 0.4) is 0 Å². The van der Waals surface area contributed by atoms with Gasteiger partial charge in [-0.2, -0.15) is 0 Å². The van der Waals surface area contributed by atoms with Gasteiger partial charge in [-0.1, -0.05) is 0 Å². The summed E-state index contributed by atoms with van der Waals surface area (Å²) in [4.78, 5) is 0. The minimum Gasteiger partial charge on any atom is -0.396 e. The van der Waals surface area contributed by atoms with Gasteiger partial charge in [0.2, 0.25) is 0 Å². The Morgan fingerprint density at radius 2 is 1.45 bits per heavy atom. The van der Waals surface area contributed by atoms with Gasteiger partial charge in [-0.3, -0.25) is 0 Å². The van der Waals surface area contributed by atoms with Gasteiger partial charge in [-0.15, -0.1) is 0 Å². The van der Waals surface area contributed by atoms with E-state index in [9.17, 15) is 35.7 Å². The normalized spacial score (nSPS) is 58.8. The second-order valence-electron chi connectivity index (χ2n) is 7.37. The predicted octanol–water partition coefficient (Wildman–Crippen LogP) is -2.42. The van der Waals surface area contributed by atoms with Gasteiger partial charge < -0.3 is 35.7 Å². The highest BCUT2D eigenvalue weighted by Crippen LogP contribution is 2.57. The molecule has 0 aliphatic heterocycles. The Labute approximate surface area is 128 Å². The fraction of sp³-hybridized carbons (Fsp3) is 1.00. The predicted molar refractivity (Wildman–Crippen MR) is 74.5 cm³/mol. The van der Waals surface area contributed by atoms with E-state index in [2.05, 4.69) is 0 Å². The molecule has 128 valence electrons. The van der Waals surface area contributed by atoms with Crippen molar-refractivity contribution in [2.75, 3.05) is 6.61 Å². The van der Waals surface area contributed by atoms with Gasteiger partial charge in [0.25, 0.3) is 0 Å². The summed E-state index contributed by atoms with van der Waals surface area (Å²) >= 11 is 0. The molecule has 3 aliphatic rings. The van der Waals surface area contributed by atoms with Crippen molar-refractivity contribution in [2.24, 2.45) is 23.2 Å². The minimum absolute atomic E-state index is 0.00567. The van der Waals surface area contributed by atoms with Gasteiger partial charge in [-0.05, 0) is 24.7 Å². The Hall–Kier alpha value is -0.280. The second-order valence-corrected chi connectivity index (χ2v) is 7.37. The average molecular weight is 318 g/mol. The van der Waals surface area contributed by atoms with Crippen LogP contribution >= 0.6 is 0 Å². The zero-order valence-electron chi connectivity index (χ0n) is 12.4. The van der Waals surface area contributed by atoms with Crippen molar-refractivity contribution in [3.63, 3.8) is 0 Å². The first-order valence-corrected chi connectivity index (χ1v) is 8.02. The lowest BCUT2D eigenvalue weighted by molar-refractivity contribution is -0.253. The summed E-state index contributed by atoms with van der Waals surface area (Å²) in [6, 6.07) is 0. The zero-order valence-corrected chi connectivity index (χ0v) is 12.4. The molecule has 7 N–H and O–H groups in total. The van der Waals surface area contributed by atoms with Gasteiger partial charge in [0.1, 0.15) is 0 Å². The van der Waals surface area contributed by atoms with E-state index >= 15 is 0 Å². The topological polar surface area (TPSA) is 142 Å². The van der Waals surface area contributed by atoms with Crippen LogP contribution in [-0.2, 0) is 0 Å². The van der Waals surface area contributed by atoms with Crippen molar-refractivity contribution >= 4 is 0 Å². The van der Waals surface area contributed by atoms with Crippen molar-refractivity contribution in [1.82, 2.24) is 0 Å². The van der Waals surface area contributed by atoms with E-state index in [-0.39, 0.29) is 18.8 Å². The van der Waals surface area contributed by atoms with Crippen LogP contribution < -0.4 is 0 Å². The van der Waals surface area contributed by atoms with Crippen LogP contribution in [0.5, 0.6) is 0 Å². The molecule has 0 heterocycles. The average Bonchev–Trinajstić information content (AvgIpc) is 2.49. The van der Waals surface area contributed by atoms with Crippen LogP contribution in [0.15, 0.2) is 0 Å². The van der Waals surface area contributed by atoms with Crippen LogP contribution in [0.2, 0.25) is 0 Å².